The van der Waals surface area contributed by atoms with E-state index in [1.807, 2.05) is 27.0 Å². The van der Waals surface area contributed by atoms with Gasteiger partial charge in [-0.15, -0.1) is 0 Å². The number of hydrogen-bond acceptors (Lipinski definition) is 3. The van der Waals surface area contributed by atoms with Crippen LogP contribution in [0.4, 0.5) is 0 Å². The second-order valence-corrected chi connectivity index (χ2v) is 4.04. The molecule has 0 radical (unpaired) electrons. The molecule has 0 saturated carbocycles. The molecule has 0 bridgehead atoms. The van der Waals surface area contributed by atoms with E-state index in [9.17, 15) is 0 Å². The van der Waals surface area contributed by atoms with Gasteiger partial charge < -0.3 is 10.1 Å². The first-order valence-electron chi connectivity index (χ1n) is 5.88. The number of ether oxygens (including phenoxy) is 1. The summed E-state index contributed by atoms with van der Waals surface area (Å²) in [4.78, 5) is 4.48. The number of hydrogen-bond donors (Lipinski definition) is 1. The van der Waals surface area contributed by atoms with Gasteiger partial charge in [-0.25, -0.2) is 0 Å². The van der Waals surface area contributed by atoms with Crippen molar-refractivity contribution in [3.8, 4) is 0 Å². The molecule has 1 aromatic heterocycles. The molecular weight excluding hydrogens is 200 g/mol. The lowest BCUT2D eigenvalue weighted by molar-refractivity contribution is 0.114. The molecule has 0 spiro atoms. The molecule has 1 N–H and O–H groups in total. The largest absolute Gasteiger partial charge is 0.379 e. The highest BCUT2D eigenvalue weighted by molar-refractivity contribution is 5.25. The third-order valence-electron chi connectivity index (χ3n) is 2.62. The van der Waals surface area contributed by atoms with Gasteiger partial charge in [-0.3, -0.25) is 4.98 Å². The molecule has 0 aliphatic rings. The van der Waals surface area contributed by atoms with Crippen LogP contribution >= 0.6 is 0 Å². The Morgan fingerprint density at radius 2 is 2.12 bits per heavy atom. The minimum Gasteiger partial charge on any atom is -0.379 e. The number of nitrogens with one attached hydrogen (secondary N) is 1. The van der Waals surface area contributed by atoms with Crippen molar-refractivity contribution >= 4 is 0 Å². The number of aromatic nitrogens is 1. The fourth-order valence-corrected chi connectivity index (χ4v) is 1.74. The Bertz CT molecular complexity index is 326. The zero-order valence-corrected chi connectivity index (χ0v) is 10.7. The predicted molar refractivity (Wildman–Crippen MR) is 66.6 cm³/mol. The lowest BCUT2D eigenvalue weighted by Crippen LogP contribution is -2.23. The van der Waals surface area contributed by atoms with E-state index in [1.165, 1.54) is 5.56 Å². The highest BCUT2D eigenvalue weighted by Crippen LogP contribution is 2.16. The molecule has 1 rings (SSSR count). The van der Waals surface area contributed by atoms with E-state index in [-0.39, 0.29) is 6.04 Å². The molecule has 0 aliphatic heterocycles. The zero-order chi connectivity index (χ0) is 12.0. The molecule has 1 unspecified atom stereocenters. The molecule has 1 atom stereocenters. The normalized spacial score (nSPS) is 12.8. The van der Waals surface area contributed by atoms with Gasteiger partial charge in [0.1, 0.15) is 0 Å². The zero-order valence-electron chi connectivity index (χ0n) is 10.7. The predicted octanol–water partition coefficient (Wildman–Crippen LogP) is 2.39. The van der Waals surface area contributed by atoms with Gasteiger partial charge in [-0.1, -0.05) is 13.0 Å². The molecule has 3 heteroatoms. The third kappa shape index (κ3) is 3.58. The van der Waals surface area contributed by atoms with E-state index in [4.69, 9.17) is 4.74 Å². The summed E-state index contributed by atoms with van der Waals surface area (Å²) < 4.78 is 5.59. The topological polar surface area (TPSA) is 34.1 Å². The number of nitrogens with zero attached hydrogens (tertiary/aromatic N) is 1. The smallest absolute Gasteiger partial charge is 0.0662 e. The molecule has 0 fully saturated rings. The monoisotopic (exact) mass is 222 g/mol. The van der Waals surface area contributed by atoms with Gasteiger partial charge >= 0.3 is 0 Å². The highest BCUT2D eigenvalue weighted by atomic mass is 16.5. The summed E-state index contributed by atoms with van der Waals surface area (Å²) in [6.07, 6.45) is 1.06. The van der Waals surface area contributed by atoms with E-state index < -0.39 is 0 Å². The number of pyridine rings is 1. The lowest BCUT2D eigenvalue weighted by atomic mass is 10.1. The van der Waals surface area contributed by atoms with Crippen molar-refractivity contribution < 1.29 is 4.74 Å². The van der Waals surface area contributed by atoms with E-state index in [0.29, 0.717) is 6.61 Å². The summed E-state index contributed by atoms with van der Waals surface area (Å²) in [7, 11) is 1.96. The molecule has 1 aromatic rings. The fraction of sp³-hybridized carbons (Fsp3) is 0.615. The van der Waals surface area contributed by atoms with Crippen molar-refractivity contribution in [1.82, 2.24) is 10.3 Å². The van der Waals surface area contributed by atoms with Crippen LogP contribution in [0, 0.1) is 13.8 Å². The van der Waals surface area contributed by atoms with Gasteiger partial charge in [0.05, 0.1) is 12.6 Å². The molecule has 3 nitrogen and oxygen atoms in total. The first-order chi connectivity index (χ1) is 7.69. The molecule has 16 heavy (non-hydrogen) atoms. The summed E-state index contributed by atoms with van der Waals surface area (Å²) in [5, 5.41) is 3.27. The van der Waals surface area contributed by atoms with E-state index >= 15 is 0 Å². The molecule has 90 valence electrons. The van der Waals surface area contributed by atoms with Crippen LogP contribution in [0.3, 0.4) is 0 Å². The maximum Gasteiger partial charge on any atom is 0.0662 e. The van der Waals surface area contributed by atoms with Gasteiger partial charge in [0.2, 0.25) is 0 Å². The van der Waals surface area contributed by atoms with Gasteiger partial charge in [-0.05, 0) is 38.9 Å². The van der Waals surface area contributed by atoms with Crippen LogP contribution in [-0.2, 0) is 4.74 Å². The van der Waals surface area contributed by atoms with Crippen molar-refractivity contribution in [2.24, 2.45) is 0 Å². The van der Waals surface area contributed by atoms with Crippen molar-refractivity contribution in [3.63, 3.8) is 0 Å². The van der Waals surface area contributed by atoms with Gasteiger partial charge in [0, 0.05) is 18.0 Å². The maximum atomic E-state index is 5.59. The number of likely N-dealkylation sites (N-methyl/N-ethyl adjacent to an activating group) is 1. The van der Waals surface area contributed by atoms with Crippen LogP contribution in [0.1, 0.15) is 36.3 Å². The second-order valence-electron chi connectivity index (χ2n) is 4.04. The van der Waals surface area contributed by atoms with E-state index in [0.717, 1.165) is 24.4 Å². The minimum absolute atomic E-state index is 0.236. The minimum atomic E-state index is 0.236. The maximum absolute atomic E-state index is 5.59. The van der Waals surface area contributed by atoms with Gasteiger partial charge in [0.15, 0.2) is 0 Å². The van der Waals surface area contributed by atoms with Crippen LogP contribution in [0.15, 0.2) is 12.1 Å². The quantitative estimate of drug-likeness (QED) is 0.750. The Hall–Kier alpha value is -0.930. The summed E-state index contributed by atoms with van der Waals surface area (Å²) in [6, 6.07) is 4.42. The number of aryl methyl sites for hydroxylation is 2. The second kappa shape index (κ2) is 6.61. The summed E-state index contributed by atoms with van der Waals surface area (Å²) in [6.45, 7) is 7.70. The Morgan fingerprint density at radius 1 is 1.38 bits per heavy atom. The standard InChI is InChI=1S/C13H22N2O/c1-5-8-16-9-13(14-4)12-7-6-10(2)15-11(12)3/h6-7,13-14H,5,8-9H2,1-4H3. The third-order valence-corrected chi connectivity index (χ3v) is 2.62. The van der Waals surface area contributed by atoms with Gasteiger partial charge in [-0.2, -0.15) is 0 Å². The van der Waals surface area contributed by atoms with E-state index in [2.05, 4.69) is 23.3 Å². The molecule has 1 heterocycles. The fourth-order valence-electron chi connectivity index (χ4n) is 1.74. The first kappa shape index (κ1) is 13.1. The molecule has 0 aromatic carbocycles. The summed E-state index contributed by atoms with van der Waals surface area (Å²) in [5.41, 5.74) is 3.37. The van der Waals surface area contributed by atoms with Crippen molar-refractivity contribution in [2.75, 3.05) is 20.3 Å². The van der Waals surface area contributed by atoms with Crippen LogP contribution in [-0.4, -0.2) is 25.2 Å². The average molecular weight is 222 g/mol. The van der Waals surface area contributed by atoms with Crippen LogP contribution < -0.4 is 5.32 Å². The van der Waals surface area contributed by atoms with Crippen molar-refractivity contribution in [3.05, 3.63) is 29.1 Å². The van der Waals surface area contributed by atoms with Crippen molar-refractivity contribution in [1.29, 1.82) is 0 Å². The molecular formula is C13H22N2O. The lowest BCUT2D eigenvalue weighted by Gasteiger charge is -2.18. The Labute approximate surface area is 98.2 Å². The number of rotatable bonds is 6. The Balaban J connectivity index is 2.70. The molecule has 0 amide bonds. The van der Waals surface area contributed by atoms with Gasteiger partial charge in [0.25, 0.3) is 0 Å². The summed E-state index contributed by atoms with van der Waals surface area (Å²) in [5.74, 6) is 0. The summed E-state index contributed by atoms with van der Waals surface area (Å²) >= 11 is 0. The SMILES string of the molecule is CCCOCC(NC)c1ccc(C)nc1C. The molecule has 0 saturated heterocycles. The van der Waals surface area contributed by atoms with E-state index in [1.54, 1.807) is 0 Å². The average Bonchev–Trinajstić information content (AvgIpc) is 2.26. The highest BCUT2D eigenvalue weighted by Gasteiger charge is 2.12. The Kier molecular flexibility index (Phi) is 5.43. The first-order valence-corrected chi connectivity index (χ1v) is 5.88. The van der Waals surface area contributed by atoms with Crippen molar-refractivity contribution in [2.45, 2.75) is 33.2 Å². The molecule has 0 aliphatic carbocycles. The van der Waals surface area contributed by atoms with Crippen LogP contribution in [0.25, 0.3) is 0 Å². The van der Waals surface area contributed by atoms with Crippen LogP contribution in [0.5, 0.6) is 0 Å². The van der Waals surface area contributed by atoms with Crippen LogP contribution in [0.2, 0.25) is 0 Å². The Morgan fingerprint density at radius 3 is 2.69 bits per heavy atom.